The fourth-order valence-electron chi connectivity index (χ4n) is 3.37. The van der Waals surface area contributed by atoms with Gasteiger partial charge >= 0.3 is 0 Å². The van der Waals surface area contributed by atoms with Crippen molar-refractivity contribution in [1.29, 1.82) is 0 Å². The van der Waals surface area contributed by atoms with Crippen LogP contribution < -0.4 is 9.62 Å². The summed E-state index contributed by atoms with van der Waals surface area (Å²) in [6.45, 7) is 0.162. The predicted octanol–water partition coefficient (Wildman–Crippen LogP) is 3.76. The monoisotopic (exact) mass is 623 g/mol. The number of nitrogens with one attached hydrogen (secondary N) is 1. The molecular weight excluding hydrogens is 600 g/mol. The van der Waals surface area contributed by atoms with Crippen LogP contribution in [0.5, 0.6) is 0 Å². The van der Waals surface area contributed by atoms with E-state index in [0.717, 1.165) is 0 Å². The molecule has 2 aromatic heterocycles. The highest BCUT2D eigenvalue weighted by Crippen LogP contribution is 2.36. The fraction of sp³-hybridized carbons (Fsp3) is 0.333. The number of unbranched alkanes of at least 4 members (excludes halogenated alkanes) is 2. The Labute approximate surface area is 212 Å². The van der Waals surface area contributed by atoms with Crippen LogP contribution in [0.1, 0.15) is 29.6 Å². The summed E-state index contributed by atoms with van der Waals surface area (Å²) >= 11 is -0.428. The van der Waals surface area contributed by atoms with Crippen LogP contribution in [-0.2, 0) is 21.1 Å². The molecule has 34 heavy (non-hydrogen) atoms. The molecule has 0 saturated carbocycles. The fourth-order valence-corrected chi connectivity index (χ4v) is 5.56. The van der Waals surface area contributed by atoms with E-state index in [1.165, 1.54) is 41.9 Å². The van der Waals surface area contributed by atoms with Crippen LogP contribution >= 0.6 is 22.6 Å². The summed E-state index contributed by atoms with van der Waals surface area (Å²) in [5, 5.41) is 2.97. The zero-order valence-corrected chi connectivity index (χ0v) is 22.2. The van der Waals surface area contributed by atoms with E-state index in [9.17, 15) is 26.4 Å². The van der Waals surface area contributed by atoms with E-state index >= 15 is 0 Å². The second kappa shape index (κ2) is 11.1. The molecule has 0 bridgehead atoms. The van der Waals surface area contributed by atoms with Gasteiger partial charge in [0.1, 0.15) is 21.4 Å². The lowest BCUT2D eigenvalue weighted by Gasteiger charge is -2.20. The van der Waals surface area contributed by atoms with Crippen molar-refractivity contribution in [2.45, 2.75) is 19.3 Å². The number of hydrogen-bond acceptors (Lipinski definition) is 6. The molecule has 3 aromatic rings. The molecule has 0 aliphatic rings. The minimum absolute atomic E-state index is 0.0534. The molecule has 0 fully saturated rings. The van der Waals surface area contributed by atoms with Crippen molar-refractivity contribution in [2.24, 2.45) is 0 Å². The third-order valence-electron chi connectivity index (χ3n) is 4.98. The van der Waals surface area contributed by atoms with Crippen molar-refractivity contribution in [2.75, 3.05) is 29.9 Å². The second-order valence-electron chi connectivity index (χ2n) is 7.56. The van der Waals surface area contributed by atoms with Gasteiger partial charge in [0.25, 0.3) is 17.2 Å². The van der Waals surface area contributed by atoms with E-state index in [1.54, 1.807) is 6.07 Å². The summed E-state index contributed by atoms with van der Waals surface area (Å²) < 4.78 is 65.5. The third-order valence-corrected chi connectivity index (χ3v) is 7.54. The van der Waals surface area contributed by atoms with Crippen molar-refractivity contribution < 1.29 is 30.8 Å². The molecule has 0 aliphatic carbocycles. The SMILES string of the molecule is CNC(=O)c1c(-c2ccc(F)cc2)oc2nc(N(CCCCCS(C)(=O)=O)S(=O)O)c(I)cc12. The first-order chi connectivity index (χ1) is 16.0. The molecule has 9 nitrogen and oxygen atoms in total. The van der Waals surface area contributed by atoms with Gasteiger partial charge in [-0.2, -0.15) is 4.98 Å². The van der Waals surface area contributed by atoms with Crippen LogP contribution in [0.3, 0.4) is 0 Å². The minimum Gasteiger partial charge on any atom is -0.437 e. The molecule has 0 saturated heterocycles. The molecular formula is C21H23FIN3O6S2. The highest BCUT2D eigenvalue weighted by Gasteiger charge is 2.26. The molecule has 0 radical (unpaired) electrons. The Kier molecular flexibility index (Phi) is 8.65. The third kappa shape index (κ3) is 6.31. The average Bonchev–Trinajstić information content (AvgIpc) is 3.13. The van der Waals surface area contributed by atoms with Crippen molar-refractivity contribution in [3.8, 4) is 11.3 Å². The molecule has 1 atom stereocenters. The zero-order chi connectivity index (χ0) is 25.0. The van der Waals surface area contributed by atoms with E-state index in [0.29, 0.717) is 33.8 Å². The van der Waals surface area contributed by atoms with Gasteiger partial charge in [-0.1, -0.05) is 6.42 Å². The first-order valence-electron chi connectivity index (χ1n) is 10.2. The summed E-state index contributed by atoms with van der Waals surface area (Å²) in [6.07, 6.45) is 2.64. The Hall–Kier alpha value is -2.10. The van der Waals surface area contributed by atoms with Crippen molar-refractivity contribution in [3.05, 3.63) is 45.3 Å². The number of furan rings is 1. The van der Waals surface area contributed by atoms with Crippen LogP contribution in [0.15, 0.2) is 34.7 Å². The van der Waals surface area contributed by atoms with Gasteiger partial charge in [-0.3, -0.25) is 13.7 Å². The number of benzene rings is 1. The molecule has 184 valence electrons. The molecule has 3 rings (SSSR count). The van der Waals surface area contributed by atoms with Crippen LogP contribution in [0.25, 0.3) is 22.4 Å². The van der Waals surface area contributed by atoms with Crippen molar-refractivity contribution >= 4 is 66.5 Å². The number of hydrogen-bond donors (Lipinski definition) is 2. The lowest BCUT2D eigenvalue weighted by Crippen LogP contribution is -2.28. The Morgan fingerprint density at radius 2 is 1.94 bits per heavy atom. The number of amides is 1. The number of sulfone groups is 1. The summed E-state index contributed by atoms with van der Waals surface area (Å²) in [4.78, 5) is 17.1. The van der Waals surface area contributed by atoms with Crippen LogP contribution in [0.4, 0.5) is 10.2 Å². The van der Waals surface area contributed by atoms with E-state index in [4.69, 9.17) is 4.42 Å². The van der Waals surface area contributed by atoms with Crippen LogP contribution in [0.2, 0.25) is 0 Å². The van der Waals surface area contributed by atoms with Gasteiger partial charge in [-0.25, -0.2) is 17.0 Å². The summed E-state index contributed by atoms with van der Waals surface area (Å²) in [5.41, 5.74) is 0.780. The summed E-state index contributed by atoms with van der Waals surface area (Å²) in [7, 11) is -1.59. The highest BCUT2D eigenvalue weighted by atomic mass is 127. The minimum atomic E-state index is -3.06. The Morgan fingerprint density at radius 1 is 1.26 bits per heavy atom. The number of aromatic nitrogens is 1. The maximum atomic E-state index is 13.4. The second-order valence-corrected chi connectivity index (χ2v) is 11.9. The summed E-state index contributed by atoms with van der Waals surface area (Å²) in [5.74, 6) is -0.407. The Bertz CT molecular complexity index is 1330. The number of fused-ring (bicyclic) bond motifs is 1. The number of carbonyl (C=O) groups is 1. The lowest BCUT2D eigenvalue weighted by atomic mass is 10.1. The van der Waals surface area contributed by atoms with Gasteiger partial charge in [0.15, 0.2) is 5.82 Å². The molecule has 2 N–H and O–H groups in total. The molecule has 1 amide bonds. The van der Waals surface area contributed by atoms with E-state index in [2.05, 4.69) is 10.3 Å². The van der Waals surface area contributed by atoms with Crippen molar-refractivity contribution in [1.82, 2.24) is 10.3 Å². The Balaban J connectivity index is 1.98. The molecule has 1 aromatic carbocycles. The first-order valence-corrected chi connectivity index (χ1v) is 14.4. The van der Waals surface area contributed by atoms with E-state index in [1.807, 2.05) is 22.6 Å². The number of nitrogens with zero attached hydrogens (tertiary/aromatic N) is 2. The first kappa shape index (κ1) is 26.5. The molecule has 2 heterocycles. The van der Waals surface area contributed by atoms with Gasteiger partial charge in [0.2, 0.25) is 5.71 Å². The molecule has 0 aliphatic heterocycles. The number of halogens is 2. The standard InChI is InChI=1S/C21H23FIN3O6S2/c1-24-20(27)17-15-12-16(23)19(26(33(28)29)10-4-3-5-11-34(2,30)31)25-21(15)32-18(17)13-6-8-14(22)9-7-13/h6-9,12H,3-5,10-11H2,1-2H3,(H,24,27)(H,28,29). The maximum Gasteiger partial charge on any atom is 0.263 e. The quantitative estimate of drug-likeness (QED) is 0.200. The highest BCUT2D eigenvalue weighted by molar-refractivity contribution is 14.1. The zero-order valence-electron chi connectivity index (χ0n) is 18.4. The largest absolute Gasteiger partial charge is 0.437 e. The molecule has 13 heteroatoms. The number of anilines is 1. The smallest absolute Gasteiger partial charge is 0.263 e. The van der Waals surface area contributed by atoms with Gasteiger partial charge in [-0.05, 0) is 65.8 Å². The normalized spacial score (nSPS) is 12.6. The predicted molar refractivity (Wildman–Crippen MR) is 137 cm³/mol. The van der Waals surface area contributed by atoms with E-state index < -0.39 is 32.8 Å². The summed E-state index contributed by atoms with van der Waals surface area (Å²) in [6, 6.07) is 7.11. The van der Waals surface area contributed by atoms with Gasteiger partial charge in [0, 0.05) is 31.2 Å². The van der Waals surface area contributed by atoms with Crippen LogP contribution in [0, 0.1) is 9.39 Å². The number of carbonyl (C=O) groups excluding carboxylic acids is 1. The molecule has 0 spiro atoms. The number of pyridine rings is 1. The van der Waals surface area contributed by atoms with Gasteiger partial charge in [0.05, 0.1) is 14.5 Å². The lowest BCUT2D eigenvalue weighted by molar-refractivity contribution is 0.0964. The van der Waals surface area contributed by atoms with Crippen molar-refractivity contribution in [3.63, 3.8) is 0 Å². The van der Waals surface area contributed by atoms with E-state index in [-0.39, 0.29) is 35.2 Å². The maximum absolute atomic E-state index is 13.4. The van der Waals surface area contributed by atoms with Gasteiger partial charge in [-0.15, -0.1) is 0 Å². The van der Waals surface area contributed by atoms with Gasteiger partial charge < -0.3 is 9.73 Å². The number of rotatable bonds is 10. The Morgan fingerprint density at radius 3 is 2.53 bits per heavy atom. The molecule has 1 unspecified atom stereocenters. The van der Waals surface area contributed by atoms with Crippen LogP contribution in [-0.4, -0.2) is 53.7 Å². The topological polar surface area (TPSA) is 130 Å². The average molecular weight is 623 g/mol.